The standard InChI is InChI=1S/C14H26N2O2/c1-10-4-3-6-14(15,8-10)13(18)16-7-5-11(2)12(16)9-17/h10-12,17H,3-9,15H2,1-2H3. The Balaban J connectivity index is 2.10. The van der Waals surface area contributed by atoms with E-state index < -0.39 is 5.54 Å². The summed E-state index contributed by atoms with van der Waals surface area (Å²) in [7, 11) is 0. The van der Waals surface area contributed by atoms with Crippen molar-refractivity contribution in [3.63, 3.8) is 0 Å². The van der Waals surface area contributed by atoms with Gasteiger partial charge >= 0.3 is 0 Å². The third-order valence-corrected chi connectivity index (χ3v) is 4.79. The second-order valence-electron chi connectivity index (χ2n) is 6.37. The maximum absolute atomic E-state index is 12.7. The van der Waals surface area contributed by atoms with Gasteiger partial charge in [0.15, 0.2) is 0 Å². The predicted octanol–water partition coefficient (Wildman–Crippen LogP) is 1.12. The van der Waals surface area contributed by atoms with Gasteiger partial charge < -0.3 is 15.7 Å². The van der Waals surface area contributed by atoms with Gasteiger partial charge in [0.25, 0.3) is 0 Å². The van der Waals surface area contributed by atoms with Crippen LogP contribution in [0.15, 0.2) is 0 Å². The molecule has 104 valence electrons. The molecule has 1 aliphatic heterocycles. The first-order valence-corrected chi connectivity index (χ1v) is 7.19. The molecule has 0 aromatic rings. The summed E-state index contributed by atoms with van der Waals surface area (Å²) in [4.78, 5) is 14.5. The Morgan fingerprint density at radius 3 is 2.78 bits per heavy atom. The molecule has 2 rings (SSSR count). The molecule has 2 fully saturated rings. The molecule has 2 aliphatic rings. The van der Waals surface area contributed by atoms with Crippen LogP contribution in [0.4, 0.5) is 0 Å². The molecular weight excluding hydrogens is 228 g/mol. The van der Waals surface area contributed by atoms with Crippen LogP contribution in [0, 0.1) is 11.8 Å². The lowest BCUT2D eigenvalue weighted by atomic mass is 9.76. The highest BCUT2D eigenvalue weighted by Crippen LogP contribution is 2.34. The molecular formula is C14H26N2O2. The van der Waals surface area contributed by atoms with Crippen LogP contribution >= 0.6 is 0 Å². The molecule has 1 heterocycles. The van der Waals surface area contributed by atoms with Crippen molar-refractivity contribution >= 4 is 5.91 Å². The first-order valence-electron chi connectivity index (χ1n) is 7.19. The number of amides is 1. The largest absolute Gasteiger partial charge is 0.394 e. The fourth-order valence-electron chi connectivity index (χ4n) is 3.61. The lowest BCUT2D eigenvalue weighted by molar-refractivity contribution is -0.140. The number of hydrogen-bond acceptors (Lipinski definition) is 3. The highest BCUT2D eigenvalue weighted by atomic mass is 16.3. The first kappa shape index (κ1) is 13.8. The van der Waals surface area contributed by atoms with Gasteiger partial charge in [-0.3, -0.25) is 4.79 Å². The Hall–Kier alpha value is -0.610. The summed E-state index contributed by atoms with van der Waals surface area (Å²) in [5.41, 5.74) is 5.68. The number of carbonyl (C=O) groups is 1. The third kappa shape index (κ3) is 2.41. The number of hydrogen-bond donors (Lipinski definition) is 2. The minimum atomic E-state index is -0.685. The summed E-state index contributed by atoms with van der Waals surface area (Å²) in [6.45, 7) is 5.07. The summed E-state index contributed by atoms with van der Waals surface area (Å²) < 4.78 is 0. The van der Waals surface area contributed by atoms with E-state index in [0.29, 0.717) is 11.8 Å². The lowest BCUT2D eigenvalue weighted by Crippen LogP contribution is -2.59. The number of aliphatic hydroxyl groups excluding tert-OH is 1. The van der Waals surface area contributed by atoms with E-state index in [4.69, 9.17) is 5.73 Å². The summed E-state index contributed by atoms with van der Waals surface area (Å²) in [6, 6.07) is -0.0323. The molecule has 0 aromatic heterocycles. The van der Waals surface area contributed by atoms with E-state index in [0.717, 1.165) is 32.2 Å². The van der Waals surface area contributed by atoms with E-state index in [9.17, 15) is 9.90 Å². The molecule has 0 bridgehead atoms. The van der Waals surface area contributed by atoms with Crippen molar-refractivity contribution in [1.29, 1.82) is 0 Å². The highest BCUT2D eigenvalue weighted by molar-refractivity contribution is 5.86. The zero-order valence-corrected chi connectivity index (χ0v) is 11.6. The second-order valence-corrected chi connectivity index (χ2v) is 6.37. The maximum Gasteiger partial charge on any atom is 0.243 e. The zero-order valence-electron chi connectivity index (χ0n) is 11.6. The van der Waals surface area contributed by atoms with Crippen molar-refractivity contribution in [2.45, 2.75) is 57.5 Å². The van der Waals surface area contributed by atoms with E-state index in [-0.39, 0.29) is 18.6 Å². The summed E-state index contributed by atoms with van der Waals surface area (Å²) in [5, 5.41) is 9.46. The van der Waals surface area contributed by atoms with Gasteiger partial charge in [0.2, 0.25) is 5.91 Å². The number of rotatable bonds is 2. The summed E-state index contributed by atoms with van der Waals surface area (Å²) in [5.74, 6) is 0.973. The van der Waals surface area contributed by atoms with E-state index in [2.05, 4.69) is 13.8 Å². The molecule has 0 radical (unpaired) electrons. The topological polar surface area (TPSA) is 66.6 Å². The van der Waals surface area contributed by atoms with Gasteiger partial charge in [-0.2, -0.15) is 0 Å². The fraction of sp³-hybridized carbons (Fsp3) is 0.929. The van der Waals surface area contributed by atoms with Crippen molar-refractivity contribution < 1.29 is 9.90 Å². The molecule has 3 N–H and O–H groups in total. The van der Waals surface area contributed by atoms with Gasteiger partial charge in [-0.05, 0) is 31.1 Å². The zero-order chi connectivity index (χ0) is 13.3. The van der Waals surface area contributed by atoms with Gasteiger partial charge in [0.05, 0.1) is 18.2 Å². The minimum absolute atomic E-state index is 0.0323. The van der Waals surface area contributed by atoms with E-state index in [1.54, 1.807) is 0 Å². The predicted molar refractivity (Wildman–Crippen MR) is 70.9 cm³/mol. The molecule has 4 heteroatoms. The van der Waals surface area contributed by atoms with E-state index in [1.807, 2.05) is 4.90 Å². The first-order chi connectivity index (χ1) is 8.48. The van der Waals surface area contributed by atoms with Gasteiger partial charge in [0.1, 0.15) is 0 Å². The average molecular weight is 254 g/mol. The number of nitrogens with two attached hydrogens (primary N) is 1. The average Bonchev–Trinajstić information content (AvgIpc) is 2.69. The minimum Gasteiger partial charge on any atom is -0.394 e. The number of aliphatic hydroxyl groups is 1. The summed E-state index contributed by atoms with van der Waals surface area (Å²) in [6.07, 6.45) is 4.76. The van der Waals surface area contributed by atoms with Gasteiger partial charge in [-0.15, -0.1) is 0 Å². The van der Waals surface area contributed by atoms with Crippen LogP contribution in [0.5, 0.6) is 0 Å². The van der Waals surface area contributed by atoms with Crippen LogP contribution < -0.4 is 5.73 Å². The van der Waals surface area contributed by atoms with Crippen molar-refractivity contribution in [1.82, 2.24) is 4.90 Å². The van der Waals surface area contributed by atoms with Crippen molar-refractivity contribution in [3.8, 4) is 0 Å². The van der Waals surface area contributed by atoms with Crippen LogP contribution in [0.2, 0.25) is 0 Å². The monoisotopic (exact) mass is 254 g/mol. The van der Waals surface area contributed by atoms with Crippen molar-refractivity contribution in [3.05, 3.63) is 0 Å². The quantitative estimate of drug-likeness (QED) is 0.776. The van der Waals surface area contributed by atoms with Crippen molar-refractivity contribution in [2.75, 3.05) is 13.2 Å². The number of nitrogens with zero attached hydrogens (tertiary/aromatic N) is 1. The van der Waals surface area contributed by atoms with Crippen LogP contribution in [-0.2, 0) is 4.79 Å². The van der Waals surface area contributed by atoms with Gasteiger partial charge in [-0.1, -0.05) is 26.7 Å². The molecule has 4 nitrogen and oxygen atoms in total. The normalized spacial score (nSPS) is 41.1. The Bertz CT molecular complexity index is 321. The molecule has 1 amide bonds. The van der Waals surface area contributed by atoms with E-state index >= 15 is 0 Å². The van der Waals surface area contributed by atoms with Crippen LogP contribution in [-0.4, -0.2) is 40.6 Å². The molecule has 0 spiro atoms. The van der Waals surface area contributed by atoms with Crippen molar-refractivity contribution in [2.24, 2.45) is 17.6 Å². The van der Waals surface area contributed by atoms with E-state index in [1.165, 1.54) is 6.42 Å². The second kappa shape index (κ2) is 5.17. The SMILES string of the molecule is CC1CCCC(N)(C(=O)N2CCC(C)C2CO)C1. The Morgan fingerprint density at radius 1 is 1.44 bits per heavy atom. The molecule has 1 aliphatic carbocycles. The van der Waals surface area contributed by atoms with Gasteiger partial charge in [-0.25, -0.2) is 0 Å². The Morgan fingerprint density at radius 2 is 2.17 bits per heavy atom. The van der Waals surface area contributed by atoms with Crippen LogP contribution in [0.1, 0.15) is 46.0 Å². The Kier molecular flexibility index (Phi) is 3.97. The molecule has 1 saturated carbocycles. The molecule has 4 atom stereocenters. The number of likely N-dealkylation sites (tertiary alicyclic amines) is 1. The lowest BCUT2D eigenvalue weighted by Gasteiger charge is -2.39. The third-order valence-electron chi connectivity index (χ3n) is 4.79. The maximum atomic E-state index is 12.7. The van der Waals surface area contributed by atoms with Crippen LogP contribution in [0.3, 0.4) is 0 Å². The molecule has 1 saturated heterocycles. The van der Waals surface area contributed by atoms with Gasteiger partial charge in [0, 0.05) is 6.54 Å². The fourth-order valence-corrected chi connectivity index (χ4v) is 3.61. The smallest absolute Gasteiger partial charge is 0.243 e. The molecule has 18 heavy (non-hydrogen) atoms. The number of carbonyl (C=O) groups excluding carboxylic acids is 1. The molecule has 0 aromatic carbocycles. The Labute approximate surface area is 110 Å². The highest BCUT2D eigenvalue weighted by Gasteiger charge is 2.44. The molecule has 4 unspecified atom stereocenters. The summed E-state index contributed by atoms with van der Waals surface area (Å²) >= 11 is 0. The van der Waals surface area contributed by atoms with Crippen LogP contribution in [0.25, 0.3) is 0 Å².